The van der Waals surface area contributed by atoms with Gasteiger partial charge in [-0.2, -0.15) is 13.2 Å². The number of aldehydes is 1. The summed E-state index contributed by atoms with van der Waals surface area (Å²) in [6, 6.07) is 20.6. The summed E-state index contributed by atoms with van der Waals surface area (Å²) in [4.78, 5) is 55.1. The standard InChI is InChI=1S/C22H18O5.C9H16N2O3.C8H7F3N2.C8H11N3/c1-3-5-15(16(6-4-2)22(25)26)21-17-9-7-13(23)11-19(17)27-20-12-14(24)8-10-18(20)21;1-8(13)10-5-6-11-9(14)4-2-3-7-12;9-8(10,11)6-3-1-5(2-4-6)7(12)13;1-11-7-4-2-3-6(5-7)8(9)10/h3-12,23H,1-2H3,(H,25,26);7H,2-6H2,1H3,(H,10,13)(H,11,14);1-4H,(H3,12,13);2-5,11H,1H3,(H3,9,10)/b5-3-,6-4-,16-15-;;;. The SMILES string of the molecule is CC(=O)NCCNC(=O)CCCC=O.CNc1cccc(C(=N)N)c1.C\C=C/C(C(=O)O)=C(\C=C/C)c1c2ccc(=O)cc-2oc2cc(O)ccc12.N=C(N)c1ccc(C(F)(F)F)cc1. The molecule has 1 heterocycles. The number of nitrogens with two attached hydrogens (primary N) is 2. The number of phenols is 1. The first-order valence-corrected chi connectivity index (χ1v) is 19.8. The van der Waals surface area contributed by atoms with E-state index in [4.69, 9.17) is 26.7 Å². The molecular weight excluding hydrogens is 848 g/mol. The highest BCUT2D eigenvalue weighted by Crippen LogP contribution is 2.40. The van der Waals surface area contributed by atoms with Crippen LogP contribution in [0.2, 0.25) is 0 Å². The number of halogens is 3. The Labute approximate surface area is 373 Å². The van der Waals surface area contributed by atoms with E-state index < -0.39 is 17.7 Å². The number of aliphatic carboxylic acids is 1. The van der Waals surface area contributed by atoms with Gasteiger partial charge >= 0.3 is 12.1 Å². The smallest absolute Gasteiger partial charge is 0.416 e. The van der Waals surface area contributed by atoms with Crippen molar-refractivity contribution in [2.45, 2.75) is 46.2 Å². The number of hydrogen-bond acceptors (Lipinski definition) is 10. The van der Waals surface area contributed by atoms with Crippen LogP contribution in [0.1, 0.15) is 62.3 Å². The van der Waals surface area contributed by atoms with Gasteiger partial charge in [0, 0.05) is 85.4 Å². The topological polar surface area (TPSA) is 275 Å². The van der Waals surface area contributed by atoms with Gasteiger partial charge < -0.3 is 46.8 Å². The number of nitrogen functional groups attached to an aromatic ring is 2. The van der Waals surface area contributed by atoms with E-state index in [1.165, 1.54) is 49.4 Å². The Kier molecular flexibility index (Phi) is 21.6. The van der Waals surface area contributed by atoms with Crippen LogP contribution in [-0.2, 0) is 25.4 Å². The molecule has 15 nitrogen and oxygen atoms in total. The second-order valence-corrected chi connectivity index (χ2v) is 13.6. The lowest BCUT2D eigenvalue weighted by molar-refractivity contribution is -0.137. The molecule has 5 rings (SSSR count). The minimum atomic E-state index is -4.34. The Balaban J connectivity index is 0.000000324. The molecule has 0 fully saturated rings. The number of amides is 2. The number of carbonyl (C=O) groups excluding carboxylic acids is 3. The van der Waals surface area contributed by atoms with Crippen molar-refractivity contribution in [3.8, 4) is 17.1 Å². The van der Waals surface area contributed by atoms with Crippen molar-refractivity contribution < 1.29 is 47.0 Å². The largest absolute Gasteiger partial charge is 0.508 e. The molecule has 2 aliphatic rings. The zero-order chi connectivity index (χ0) is 48.7. The highest BCUT2D eigenvalue weighted by atomic mass is 19.4. The molecule has 65 heavy (non-hydrogen) atoms. The molecule has 3 aromatic carbocycles. The lowest BCUT2D eigenvalue weighted by Gasteiger charge is -2.17. The van der Waals surface area contributed by atoms with Gasteiger partial charge in [-0.05, 0) is 74.4 Å². The quantitative estimate of drug-likeness (QED) is 0.0102. The van der Waals surface area contributed by atoms with Crippen molar-refractivity contribution in [3.05, 3.63) is 147 Å². The van der Waals surface area contributed by atoms with Crippen molar-refractivity contribution in [3.63, 3.8) is 0 Å². The van der Waals surface area contributed by atoms with Crippen LogP contribution in [0.3, 0.4) is 0 Å². The Hall–Kier alpha value is -8.02. The number of carbonyl (C=O) groups is 4. The summed E-state index contributed by atoms with van der Waals surface area (Å²) in [5.41, 5.74) is 13.6. The number of anilines is 1. The average molecular weight is 900 g/mol. The molecule has 18 heteroatoms. The zero-order valence-corrected chi connectivity index (χ0v) is 36.1. The van der Waals surface area contributed by atoms with Crippen LogP contribution in [0, 0.1) is 10.8 Å². The molecule has 0 radical (unpaired) electrons. The summed E-state index contributed by atoms with van der Waals surface area (Å²) < 4.78 is 41.9. The number of amidine groups is 2. The predicted octanol–water partition coefficient (Wildman–Crippen LogP) is 7.20. The van der Waals surface area contributed by atoms with Crippen molar-refractivity contribution in [2.75, 3.05) is 25.5 Å². The molecule has 0 spiro atoms. The molecule has 3 aromatic rings. The fourth-order valence-corrected chi connectivity index (χ4v) is 5.62. The van der Waals surface area contributed by atoms with Gasteiger partial charge in [-0.15, -0.1) is 0 Å². The van der Waals surface area contributed by atoms with Crippen LogP contribution < -0.4 is 32.8 Å². The second kappa shape index (κ2) is 26.5. The number of nitrogens with one attached hydrogen (secondary N) is 5. The molecule has 1 aliphatic heterocycles. The fourth-order valence-electron chi connectivity index (χ4n) is 5.62. The normalized spacial score (nSPS) is 11.2. The minimum Gasteiger partial charge on any atom is -0.508 e. The summed E-state index contributed by atoms with van der Waals surface area (Å²) >= 11 is 0. The number of unbranched alkanes of at least 4 members (excludes halogenated alkanes) is 1. The van der Waals surface area contributed by atoms with Gasteiger partial charge in [-0.3, -0.25) is 25.2 Å². The summed E-state index contributed by atoms with van der Waals surface area (Å²) in [6.45, 7) is 5.84. The molecule has 344 valence electrons. The Morgan fingerprint density at radius 2 is 1.49 bits per heavy atom. The highest BCUT2D eigenvalue weighted by Gasteiger charge is 2.30. The van der Waals surface area contributed by atoms with Gasteiger partial charge in [-0.1, -0.05) is 48.6 Å². The first-order valence-electron chi connectivity index (χ1n) is 19.8. The lowest BCUT2D eigenvalue weighted by Crippen LogP contribution is -2.33. The van der Waals surface area contributed by atoms with Crippen LogP contribution >= 0.6 is 0 Å². The van der Waals surface area contributed by atoms with Gasteiger partial charge in [0.2, 0.25) is 11.8 Å². The zero-order valence-electron chi connectivity index (χ0n) is 36.1. The molecule has 0 saturated carbocycles. The van der Waals surface area contributed by atoms with E-state index in [1.54, 1.807) is 44.2 Å². The Bertz CT molecular complexity index is 2570. The molecular formula is C47H52F3N7O8. The average Bonchev–Trinajstić information content (AvgIpc) is 3.26. The van der Waals surface area contributed by atoms with Gasteiger partial charge in [0.25, 0.3) is 0 Å². The number of allylic oxidation sites excluding steroid dienone is 4. The van der Waals surface area contributed by atoms with E-state index in [9.17, 15) is 47.4 Å². The predicted molar refractivity (Wildman–Crippen MR) is 246 cm³/mol. The summed E-state index contributed by atoms with van der Waals surface area (Å²) in [7, 11) is 1.83. The number of rotatable bonds is 14. The molecule has 0 unspecified atom stereocenters. The molecule has 0 saturated heterocycles. The molecule has 0 aromatic heterocycles. The van der Waals surface area contributed by atoms with E-state index in [2.05, 4.69) is 16.0 Å². The number of benzene rings is 4. The molecule has 0 atom stereocenters. The van der Waals surface area contributed by atoms with Gasteiger partial charge in [0.1, 0.15) is 35.1 Å². The third-order valence-corrected chi connectivity index (χ3v) is 8.67. The van der Waals surface area contributed by atoms with E-state index in [0.717, 1.165) is 29.7 Å². The second-order valence-electron chi connectivity index (χ2n) is 13.6. The molecule has 0 bridgehead atoms. The summed E-state index contributed by atoms with van der Waals surface area (Å²) in [5.74, 6) is -1.07. The van der Waals surface area contributed by atoms with E-state index in [-0.39, 0.29) is 45.8 Å². The maximum Gasteiger partial charge on any atom is 0.416 e. The number of phenolic OH excluding ortho intramolecular Hbond substituents is 1. The Morgan fingerprint density at radius 3 is 2.05 bits per heavy atom. The first-order chi connectivity index (χ1) is 30.8. The molecule has 11 N–H and O–H groups in total. The van der Waals surface area contributed by atoms with Gasteiger partial charge in [-0.25, -0.2) is 4.79 Å². The summed E-state index contributed by atoms with van der Waals surface area (Å²) in [6.07, 6.45) is 4.48. The van der Waals surface area contributed by atoms with E-state index in [1.807, 2.05) is 31.3 Å². The van der Waals surface area contributed by atoms with Crippen molar-refractivity contribution >= 4 is 58.0 Å². The molecule has 2 amide bonds. The lowest BCUT2D eigenvalue weighted by atomic mass is 9.90. The fraction of sp³-hybridized carbons (Fsp3) is 0.213. The highest BCUT2D eigenvalue weighted by molar-refractivity contribution is 6.09. The number of aromatic hydroxyl groups is 1. The maximum absolute atomic E-state index is 12.0. The summed E-state index contributed by atoms with van der Waals surface area (Å²) in [5, 5.41) is 42.5. The number of carboxylic acids is 1. The molecule has 1 aliphatic carbocycles. The maximum atomic E-state index is 12.0. The van der Waals surface area contributed by atoms with Crippen LogP contribution in [0.15, 0.2) is 124 Å². The first kappa shape index (κ1) is 53.1. The minimum absolute atomic E-state index is 0.0123. The number of alkyl halides is 3. The number of fused-ring (bicyclic) bond motifs is 2. The third-order valence-electron chi connectivity index (χ3n) is 8.67. The Morgan fingerprint density at radius 1 is 0.846 bits per heavy atom. The third kappa shape index (κ3) is 17.7. The monoisotopic (exact) mass is 899 g/mol. The van der Waals surface area contributed by atoms with E-state index >= 15 is 0 Å². The van der Waals surface area contributed by atoms with E-state index in [0.29, 0.717) is 65.8 Å². The van der Waals surface area contributed by atoms with Crippen LogP contribution in [-0.4, -0.2) is 66.1 Å². The van der Waals surface area contributed by atoms with Crippen molar-refractivity contribution in [1.29, 1.82) is 10.8 Å². The van der Waals surface area contributed by atoms with Crippen molar-refractivity contribution in [2.24, 2.45) is 11.5 Å². The van der Waals surface area contributed by atoms with Crippen LogP contribution in [0.4, 0.5) is 18.9 Å². The van der Waals surface area contributed by atoms with Gasteiger partial charge in [0.05, 0.1) is 11.1 Å². The van der Waals surface area contributed by atoms with Crippen LogP contribution in [0.5, 0.6) is 5.75 Å². The number of hydrogen-bond donors (Lipinski definition) is 9. The van der Waals surface area contributed by atoms with Crippen LogP contribution in [0.25, 0.3) is 27.9 Å². The van der Waals surface area contributed by atoms with Crippen molar-refractivity contribution in [1.82, 2.24) is 10.6 Å². The van der Waals surface area contributed by atoms with Gasteiger partial charge in [0.15, 0.2) is 5.43 Å². The number of carboxylic acid groups (broad SMARTS) is 1.